The number of carbonyl (C=O) groups excluding carboxylic acids is 1. The number of nitrogens with zero attached hydrogens (tertiary/aromatic N) is 2. The number of carbonyl (C=O) groups is 1. The summed E-state index contributed by atoms with van der Waals surface area (Å²) in [5.74, 6) is -0.829. The number of amides is 1. The third-order valence-corrected chi connectivity index (χ3v) is 4.02. The molecule has 0 aliphatic heterocycles. The third-order valence-electron chi connectivity index (χ3n) is 4.02. The quantitative estimate of drug-likeness (QED) is 0.643. The number of hydrogen-bond acceptors (Lipinski definition) is 4. The molecule has 2 heterocycles. The number of pyridine rings is 1. The van der Waals surface area contributed by atoms with Crippen molar-refractivity contribution in [3.8, 4) is 5.75 Å². The molecule has 1 unspecified atom stereocenters. The van der Waals surface area contributed by atoms with E-state index in [0.717, 1.165) is 22.2 Å². The largest absolute Gasteiger partial charge is 0.508 e. The minimum Gasteiger partial charge on any atom is -0.508 e. The van der Waals surface area contributed by atoms with E-state index in [0.29, 0.717) is 11.4 Å². The van der Waals surface area contributed by atoms with Gasteiger partial charge in [0.1, 0.15) is 5.75 Å². The summed E-state index contributed by atoms with van der Waals surface area (Å²) in [4.78, 5) is 23.5. The van der Waals surface area contributed by atoms with Gasteiger partial charge in [-0.1, -0.05) is 0 Å². The van der Waals surface area contributed by atoms with Gasteiger partial charge in [-0.25, -0.2) is 0 Å². The zero-order chi connectivity index (χ0) is 17.3. The number of aliphatic imine (C=N–C) groups is 1. The summed E-state index contributed by atoms with van der Waals surface area (Å²) in [5.41, 5.74) is 9.21. The molecule has 0 fully saturated rings. The molecule has 24 heavy (non-hydrogen) atoms. The Kier molecular flexibility index (Phi) is 4.04. The van der Waals surface area contributed by atoms with E-state index in [9.17, 15) is 9.90 Å². The maximum absolute atomic E-state index is 11.6. The Bertz CT molecular complexity index is 929. The van der Waals surface area contributed by atoms with Gasteiger partial charge in [0.2, 0.25) is 5.91 Å². The van der Waals surface area contributed by atoms with Crippen molar-refractivity contribution >= 4 is 28.2 Å². The monoisotopic (exact) mass is 322 g/mol. The molecule has 0 spiro atoms. The summed E-state index contributed by atoms with van der Waals surface area (Å²) in [6.07, 6.45) is 3.39. The van der Waals surface area contributed by atoms with Crippen molar-refractivity contribution in [2.75, 3.05) is 0 Å². The van der Waals surface area contributed by atoms with E-state index in [-0.39, 0.29) is 5.75 Å². The number of aromatic hydroxyl groups is 1. The number of hydrogen-bond donors (Lipinski definition) is 3. The SMILES string of the molecule is CC(=Nc1c(C(C)C(N)=O)[nH]c2ccc(O)cc12)c1ccncc1. The molecule has 3 aromatic rings. The molecule has 0 saturated carbocycles. The fraction of sp³-hybridized carbons (Fsp3) is 0.167. The predicted molar refractivity (Wildman–Crippen MR) is 93.7 cm³/mol. The lowest BCUT2D eigenvalue weighted by molar-refractivity contribution is -0.119. The first-order chi connectivity index (χ1) is 11.5. The first-order valence-corrected chi connectivity index (χ1v) is 7.57. The van der Waals surface area contributed by atoms with Crippen LogP contribution in [-0.4, -0.2) is 26.7 Å². The lowest BCUT2D eigenvalue weighted by atomic mass is 10.1. The minimum absolute atomic E-state index is 0.137. The highest BCUT2D eigenvalue weighted by atomic mass is 16.3. The third kappa shape index (κ3) is 2.86. The Labute approximate surface area is 139 Å². The van der Waals surface area contributed by atoms with Gasteiger partial charge in [-0.15, -0.1) is 0 Å². The highest BCUT2D eigenvalue weighted by Gasteiger charge is 2.21. The van der Waals surface area contributed by atoms with E-state index in [1.807, 2.05) is 19.1 Å². The number of fused-ring (bicyclic) bond motifs is 1. The Morgan fingerprint density at radius 1 is 1.29 bits per heavy atom. The molecule has 1 aromatic carbocycles. The molecule has 0 bridgehead atoms. The van der Waals surface area contributed by atoms with Gasteiger partial charge in [-0.3, -0.25) is 14.8 Å². The van der Waals surface area contributed by atoms with E-state index >= 15 is 0 Å². The van der Waals surface area contributed by atoms with Crippen LogP contribution in [0.1, 0.15) is 31.0 Å². The van der Waals surface area contributed by atoms with Crippen LogP contribution in [-0.2, 0) is 4.79 Å². The maximum Gasteiger partial charge on any atom is 0.226 e. The van der Waals surface area contributed by atoms with Crippen molar-refractivity contribution in [3.63, 3.8) is 0 Å². The average Bonchev–Trinajstić information content (AvgIpc) is 2.92. The number of phenolic OH excluding ortho intramolecular Hbond substituents is 1. The number of primary amides is 1. The Balaban J connectivity index is 2.22. The van der Waals surface area contributed by atoms with Crippen LogP contribution in [0.25, 0.3) is 10.9 Å². The second kappa shape index (κ2) is 6.16. The molecule has 0 saturated heterocycles. The topological polar surface area (TPSA) is 104 Å². The summed E-state index contributed by atoms with van der Waals surface area (Å²) in [6, 6.07) is 8.69. The molecule has 1 atom stereocenters. The standard InChI is InChI=1S/C18H18N4O2/c1-10(18(19)24)16-17(14-9-13(23)3-4-15(14)22-16)21-11(2)12-5-7-20-8-6-12/h3-10,22-23H,1-2H3,(H2,19,24). The highest BCUT2D eigenvalue weighted by Crippen LogP contribution is 2.37. The van der Waals surface area contributed by atoms with Gasteiger partial charge in [-0.05, 0) is 49.7 Å². The summed E-state index contributed by atoms with van der Waals surface area (Å²) in [7, 11) is 0. The van der Waals surface area contributed by atoms with E-state index in [2.05, 4.69) is 9.97 Å². The molecule has 1 amide bonds. The number of nitrogens with two attached hydrogens (primary N) is 1. The lowest BCUT2D eigenvalue weighted by Crippen LogP contribution is -2.19. The van der Waals surface area contributed by atoms with Crippen LogP contribution in [0.5, 0.6) is 5.75 Å². The molecule has 0 aliphatic rings. The number of aromatic nitrogens is 2. The fourth-order valence-electron chi connectivity index (χ4n) is 2.59. The Hall–Kier alpha value is -3.15. The molecule has 0 radical (unpaired) electrons. The van der Waals surface area contributed by atoms with Crippen LogP contribution >= 0.6 is 0 Å². The Morgan fingerprint density at radius 2 is 2.00 bits per heavy atom. The molecule has 2 aromatic heterocycles. The summed E-state index contributed by atoms with van der Waals surface area (Å²) >= 11 is 0. The van der Waals surface area contributed by atoms with Gasteiger partial charge < -0.3 is 15.8 Å². The van der Waals surface area contributed by atoms with E-state index in [1.54, 1.807) is 37.5 Å². The molecular formula is C18H18N4O2. The number of nitrogens with one attached hydrogen (secondary N) is 1. The van der Waals surface area contributed by atoms with Crippen LogP contribution in [0.2, 0.25) is 0 Å². The number of rotatable bonds is 4. The van der Waals surface area contributed by atoms with E-state index < -0.39 is 11.8 Å². The van der Waals surface area contributed by atoms with Crippen LogP contribution in [0.15, 0.2) is 47.7 Å². The van der Waals surface area contributed by atoms with E-state index in [1.165, 1.54) is 0 Å². The zero-order valence-corrected chi connectivity index (χ0v) is 13.4. The first-order valence-electron chi connectivity index (χ1n) is 7.57. The van der Waals surface area contributed by atoms with Crippen LogP contribution in [0, 0.1) is 0 Å². The number of phenols is 1. The normalized spacial score (nSPS) is 13.2. The minimum atomic E-state index is -0.525. The highest BCUT2D eigenvalue weighted by molar-refractivity contribution is 6.04. The van der Waals surface area contributed by atoms with Crippen LogP contribution in [0.4, 0.5) is 5.69 Å². The molecular weight excluding hydrogens is 304 g/mol. The Morgan fingerprint density at radius 3 is 2.67 bits per heavy atom. The van der Waals surface area contributed by atoms with Gasteiger partial charge in [0.25, 0.3) is 0 Å². The number of H-pyrrole nitrogens is 1. The smallest absolute Gasteiger partial charge is 0.226 e. The average molecular weight is 322 g/mol. The molecule has 4 N–H and O–H groups in total. The molecule has 6 nitrogen and oxygen atoms in total. The molecule has 0 aliphatic carbocycles. The van der Waals surface area contributed by atoms with Crippen LogP contribution < -0.4 is 5.73 Å². The van der Waals surface area contributed by atoms with E-state index in [4.69, 9.17) is 10.7 Å². The van der Waals surface area contributed by atoms with Crippen molar-refractivity contribution in [2.45, 2.75) is 19.8 Å². The van der Waals surface area contributed by atoms with Crippen molar-refractivity contribution in [1.82, 2.24) is 9.97 Å². The summed E-state index contributed by atoms with van der Waals surface area (Å²) < 4.78 is 0. The fourth-order valence-corrected chi connectivity index (χ4v) is 2.59. The maximum atomic E-state index is 11.6. The van der Waals surface area contributed by atoms with Gasteiger partial charge in [0.15, 0.2) is 0 Å². The molecule has 3 rings (SSSR count). The number of aromatic amines is 1. The second-order valence-corrected chi connectivity index (χ2v) is 5.67. The zero-order valence-electron chi connectivity index (χ0n) is 13.4. The van der Waals surface area contributed by atoms with Gasteiger partial charge >= 0.3 is 0 Å². The predicted octanol–water partition coefficient (Wildman–Crippen LogP) is 3.00. The molecule has 6 heteroatoms. The first kappa shape index (κ1) is 15.7. The van der Waals surface area contributed by atoms with Crippen molar-refractivity contribution in [1.29, 1.82) is 0 Å². The van der Waals surface area contributed by atoms with Crippen molar-refractivity contribution in [3.05, 3.63) is 54.0 Å². The molecule has 122 valence electrons. The van der Waals surface area contributed by atoms with Crippen LogP contribution in [0.3, 0.4) is 0 Å². The van der Waals surface area contributed by atoms with Crippen molar-refractivity contribution in [2.24, 2.45) is 10.7 Å². The summed E-state index contributed by atoms with van der Waals surface area (Å²) in [6.45, 7) is 3.61. The number of benzene rings is 1. The van der Waals surface area contributed by atoms with Gasteiger partial charge in [0.05, 0.1) is 17.3 Å². The van der Waals surface area contributed by atoms with Gasteiger partial charge in [-0.2, -0.15) is 0 Å². The summed E-state index contributed by atoms with van der Waals surface area (Å²) in [5, 5.41) is 10.5. The van der Waals surface area contributed by atoms with Crippen molar-refractivity contribution < 1.29 is 9.90 Å². The second-order valence-electron chi connectivity index (χ2n) is 5.67. The lowest BCUT2D eigenvalue weighted by Gasteiger charge is -2.08. The van der Waals surface area contributed by atoms with Gasteiger partial charge in [0, 0.05) is 29.0 Å².